The average molecular weight is 457 g/mol. The number of alkyl halides is 2. The van der Waals surface area contributed by atoms with Crippen LogP contribution in [0.4, 0.5) is 8.78 Å². The van der Waals surface area contributed by atoms with E-state index in [-0.39, 0.29) is 22.8 Å². The SMILES string of the molecule is COc1cc(-c2cnn3cc(C4CCOCC4)cnc23)cc(OC(F)F)c1C(=O)CC1CC1. The first-order valence-corrected chi connectivity index (χ1v) is 11.1. The quantitative estimate of drug-likeness (QED) is 0.449. The smallest absolute Gasteiger partial charge is 0.387 e. The van der Waals surface area contributed by atoms with E-state index in [1.54, 1.807) is 16.8 Å². The molecule has 0 bridgehead atoms. The molecule has 0 amide bonds. The Morgan fingerprint density at radius 3 is 2.64 bits per heavy atom. The van der Waals surface area contributed by atoms with Gasteiger partial charge < -0.3 is 14.2 Å². The molecule has 0 radical (unpaired) electrons. The van der Waals surface area contributed by atoms with Crippen molar-refractivity contribution in [3.05, 3.63) is 41.9 Å². The zero-order chi connectivity index (χ0) is 22.9. The number of hydrogen-bond donors (Lipinski definition) is 0. The number of carbonyl (C=O) groups excluding carboxylic acids is 1. The second-order valence-corrected chi connectivity index (χ2v) is 8.60. The molecular weight excluding hydrogens is 432 g/mol. The maximum atomic E-state index is 13.2. The zero-order valence-electron chi connectivity index (χ0n) is 18.3. The lowest BCUT2D eigenvalue weighted by Crippen LogP contribution is -2.14. The molecule has 2 aromatic heterocycles. The second kappa shape index (κ2) is 9.05. The third-order valence-electron chi connectivity index (χ3n) is 6.33. The Morgan fingerprint density at radius 1 is 1.18 bits per heavy atom. The Morgan fingerprint density at radius 2 is 1.94 bits per heavy atom. The summed E-state index contributed by atoms with van der Waals surface area (Å²) < 4.78 is 43.7. The number of carbonyl (C=O) groups is 1. The third kappa shape index (κ3) is 4.55. The van der Waals surface area contributed by atoms with Crippen molar-refractivity contribution in [2.75, 3.05) is 20.3 Å². The van der Waals surface area contributed by atoms with Crippen molar-refractivity contribution in [3.63, 3.8) is 0 Å². The standard InChI is InChI=1S/C24H25F2N3O4/c1-31-20-9-16(10-21(33-24(25)26)22(20)19(30)8-14-2-3-14)18-12-28-29-13-17(11-27-23(18)29)15-4-6-32-7-5-15/h9-15,24H,2-8H2,1H3. The minimum absolute atomic E-state index is 0.0553. The van der Waals surface area contributed by atoms with E-state index < -0.39 is 6.61 Å². The molecule has 2 fully saturated rings. The number of halogens is 2. The van der Waals surface area contributed by atoms with Crippen LogP contribution in [-0.4, -0.2) is 47.3 Å². The summed E-state index contributed by atoms with van der Waals surface area (Å²) in [5.41, 5.74) is 2.88. The van der Waals surface area contributed by atoms with E-state index in [0.717, 1.165) is 44.5 Å². The van der Waals surface area contributed by atoms with E-state index in [1.807, 2.05) is 12.4 Å². The zero-order valence-corrected chi connectivity index (χ0v) is 18.3. The van der Waals surface area contributed by atoms with Crippen LogP contribution >= 0.6 is 0 Å². The summed E-state index contributed by atoms with van der Waals surface area (Å²) in [6, 6.07) is 3.10. The van der Waals surface area contributed by atoms with Crippen molar-refractivity contribution in [3.8, 4) is 22.6 Å². The van der Waals surface area contributed by atoms with Crippen LogP contribution in [0.15, 0.2) is 30.7 Å². The molecule has 1 aromatic carbocycles. The van der Waals surface area contributed by atoms with Gasteiger partial charge in [0.05, 0.1) is 13.3 Å². The molecule has 1 aliphatic heterocycles. The first kappa shape index (κ1) is 21.8. The molecule has 0 unspecified atom stereocenters. The van der Waals surface area contributed by atoms with E-state index in [0.29, 0.717) is 35.0 Å². The maximum Gasteiger partial charge on any atom is 0.387 e. The predicted molar refractivity (Wildman–Crippen MR) is 116 cm³/mol. The Hall–Kier alpha value is -3.07. The Balaban J connectivity index is 1.54. The molecule has 0 N–H and O–H groups in total. The number of rotatable bonds is 8. The number of fused-ring (bicyclic) bond motifs is 1. The van der Waals surface area contributed by atoms with E-state index in [2.05, 4.69) is 10.1 Å². The molecule has 33 heavy (non-hydrogen) atoms. The predicted octanol–water partition coefficient (Wildman–Crippen LogP) is 4.88. The average Bonchev–Trinajstić information content (AvgIpc) is 3.53. The molecule has 3 aromatic rings. The van der Waals surface area contributed by atoms with Gasteiger partial charge in [-0.2, -0.15) is 13.9 Å². The molecule has 1 saturated heterocycles. The lowest BCUT2D eigenvalue weighted by atomic mass is 9.94. The van der Waals surface area contributed by atoms with Gasteiger partial charge in [0, 0.05) is 37.6 Å². The lowest BCUT2D eigenvalue weighted by Gasteiger charge is -2.21. The summed E-state index contributed by atoms with van der Waals surface area (Å²) in [5, 5.41) is 4.43. The van der Waals surface area contributed by atoms with Crippen LogP contribution in [0.2, 0.25) is 0 Å². The van der Waals surface area contributed by atoms with Gasteiger partial charge in [-0.1, -0.05) is 0 Å². The summed E-state index contributed by atoms with van der Waals surface area (Å²) in [4.78, 5) is 17.4. The summed E-state index contributed by atoms with van der Waals surface area (Å²) >= 11 is 0. The summed E-state index contributed by atoms with van der Waals surface area (Å²) in [7, 11) is 1.41. The number of methoxy groups -OCH3 is 1. The summed E-state index contributed by atoms with van der Waals surface area (Å²) in [5.74, 6) is 0.423. The number of hydrogen-bond acceptors (Lipinski definition) is 6. The van der Waals surface area contributed by atoms with Crippen molar-refractivity contribution in [2.24, 2.45) is 5.92 Å². The van der Waals surface area contributed by atoms with Crippen LogP contribution in [-0.2, 0) is 4.74 Å². The minimum atomic E-state index is -3.07. The van der Waals surface area contributed by atoms with Gasteiger partial charge in [0.1, 0.15) is 17.1 Å². The number of nitrogens with zero attached hydrogens (tertiary/aromatic N) is 3. The van der Waals surface area contributed by atoms with Crippen LogP contribution < -0.4 is 9.47 Å². The van der Waals surface area contributed by atoms with Crippen LogP contribution in [0.25, 0.3) is 16.8 Å². The third-order valence-corrected chi connectivity index (χ3v) is 6.33. The molecule has 174 valence electrons. The van der Waals surface area contributed by atoms with Crippen LogP contribution in [0, 0.1) is 5.92 Å². The number of aromatic nitrogens is 3. The van der Waals surface area contributed by atoms with E-state index >= 15 is 0 Å². The van der Waals surface area contributed by atoms with Crippen LogP contribution in [0.1, 0.15) is 53.9 Å². The fraction of sp³-hybridized carbons (Fsp3) is 0.458. The Kier molecular flexibility index (Phi) is 5.97. The molecule has 2 aliphatic rings. The first-order chi connectivity index (χ1) is 16.0. The van der Waals surface area contributed by atoms with Gasteiger partial charge in [0.2, 0.25) is 0 Å². The monoisotopic (exact) mass is 457 g/mol. The Labute approximate surface area is 189 Å². The van der Waals surface area contributed by atoms with Crippen molar-refractivity contribution < 1.29 is 27.8 Å². The maximum absolute atomic E-state index is 13.2. The summed E-state index contributed by atoms with van der Waals surface area (Å²) in [6.07, 6.45) is 9.51. The van der Waals surface area contributed by atoms with Crippen molar-refractivity contribution in [2.45, 2.75) is 44.6 Å². The minimum Gasteiger partial charge on any atom is -0.496 e. The highest BCUT2D eigenvalue weighted by Crippen LogP contribution is 2.41. The summed E-state index contributed by atoms with van der Waals surface area (Å²) in [6.45, 7) is -1.61. The van der Waals surface area contributed by atoms with Gasteiger partial charge in [0.15, 0.2) is 11.4 Å². The topological polar surface area (TPSA) is 75.0 Å². The van der Waals surface area contributed by atoms with E-state index in [1.165, 1.54) is 13.2 Å². The number of ether oxygens (including phenoxy) is 3. The normalized spacial score (nSPS) is 17.0. The molecule has 1 aliphatic carbocycles. The fourth-order valence-electron chi connectivity index (χ4n) is 4.39. The van der Waals surface area contributed by atoms with Crippen molar-refractivity contribution in [1.82, 2.24) is 14.6 Å². The number of ketones is 1. The van der Waals surface area contributed by atoms with Gasteiger partial charge in [0.25, 0.3) is 0 Å². The van der Waals surface area contributed by atoms with Gasteiger partial charge in [-0.3, -0.25) is 4.79 Å². The largest absolute Gasteiger partial charge is 0.496 e. The van der Waals surface area contributed by atoms with Crippen LogP contribution in [0.5, 0.6) is 11.5 Å². The molecule has 5 rings (SSSR count). The first-order valence-electron chi connectivity index (χ1n) is 11.1. The Bertz CT molecular complexity index is 1170. The molecule has 3 heterocycles. The highest BCUT2D eigenvalue weighted by atomic mass is 19.3. The van der Waals surface area contributed by atoms with Crippen molar-refractivity contribution in [1.29, 1.82) is 0 Å². The molecule has 1 saturated carbocycles. The second-order valence-electron chi connectivity index (χ2n) is 8.60. The molecule has 9 heteroatoms. The van der Waals surface area contributed by atoms with Crippen molar-refractivity contribution >= 4 is 11.4 Å². The molecule has 0 atom stereocenters. The highest BCUT2D eigenvalue weighted by molar-refractivity contribution is 6.02. The number of Topliss-reactive ketones (excluding diaryl/α,β-unsaturated/α-hetero) is 1. The van der Waals surface area contributed by atoms with Gasteiger partial charge in [-0.15, -0.1) is 0 Å². The highest BCUT2D eigenvalue weighted by Gasteiger charge is 2.30. The molecule has 0 spiro atoms. The fourth-order valence-corrected chi connectivity index (χ4v) is 4.39. The van der Waals surface area contributed by atoms with Gasteiger partial charge in [-0.25, -0.2) is 9.50 Å². The van der Waals surface area contributed by atoms with E-state index in [9.17, 15) is 13.6 Å². The number of benzene rings is 1. The molecule has 7 nitrogen and oxygen atoms in total. The van der Waals surface area contributed by atoms with Gasteiger partial charge >= 0.3 is 6.61 Å². The van der Waals surface area contributed by atoms with E-state index in [4.69, 9.17) is 14.2 Å². The van der Waals surface area contributed by atoms with Gasteiger partial charge in [-0.05, 0) is 60.8 Å². The lowest BCUT2D eigenvalue weighted by molar-refractivity contribution is -0.0502. The molecular formula is C24H25F2N3O4. The van der Waals surface area contributed by atoms with Crippen LogP contribution in [0.3, 0.4) is 0 Å².